The van der Waals surface area contributed by atoms with E-state index >= 15 is 0 Å². The number of rotatable bonds is 4. The number of piperazine rings is 1. The second kappa shape index (κ2) is 8.09. The smallest absolute Gasteiger partial charge is 0.0702 e. The van der Waals surface area contributed by atoms with Crippen LogP contribution in [-0.4, -0.2) is 54.1 Å². The SMILES string of the molecule is Cc1cc(N2CCN(Cc3ccc4ncccc4c3)CC2)cc([C@@H]2CCNC2)n1. The minimum absolute atomic E-state index is 0.567. The monoisotopic (exact) mass is 387 g/mol. The number of anilines is 1. The number of aromatic nitrogens is 2. The van der Waals surface area contributed by atoms with Crippen LogP contribution in [0.4, 0.5) is 5.69 Å². The van der Waals surface area contributed by atoms with Crippen LogP contribution in [0.5, 0.6) is 0 Å². The van der Waals surface area contributed by atoms with Crippen LogP contribution in [0.1, 0.15) is 29.3 Å². The van der Waals surface area contributed by atoms with Crippen molar-refractivity contribution < 1.29 is 0 Å². The summed E-state index contributed by atoms with van der Waals surface area (Å²) in [5.74, 6) is 0.567. The van der Waals surface area contributed by atoms with E-state index < -0.39 is 0 Å². The maximum Gasteiger partial charge on any atom is 0.0702 e. The van der Waals surface area contributed by atoms with E-state index in [0.717, 1.165) is 57.0 Å². The Morgan fingerprint density at radius 1 is 1.07 bits per heavy atom. The lowest BCUT2D eigenvalue weighted by atomic mass is 10.0. The highest BCUT2D eigenvalue weighted by molar-refractivity contribution is 5.78. The van der Waals surface area contributed by atoms with Crippen molar-refractivity contribution in [2.75, 3.05) is 44.2 Å². The summed E-state index contributed by atoms with van der Waals surface area (Å²) >= 11 is 0. The van der Waals surface area contributed by atoms with Crippen molar-refractivity contribution in [1.29, 1.82) is 0 Å². The van der Waals surface area contributed by atoms with E-state index in [1.54, 1.807) is 0 Å². The van der Waals surface area contributed by atoms with Crippen LogP contribution in [0.2, 0.25) is 0 Å². The molecule has 5 nitrogen and oxygen atoms in total. The Bertz CT molecular complexity index is 987. The Hall–Kier alpha value is -2.50. The molecule has 0 amide bonds. The molecule has 1 aromatic carbocycles. The van der Waals surface area contributed by atoms with Crippen molar-refractivity contribution in [3.8, 4) is 0 Å². The lowest BCUT2D eigenvalue weighted by molar-refractivity contribution is 0.250. The topological polar surface area (TPSA) is 44.3 Å². The second-order valence-electron chi connectivity index (χ2n) is 8.37. The predicted molar refractivity (Wildman–Crippen MR) is 118 cm³/mol. The van der Waals surface area contributed by atoms with Crippen molar-refractivity contribution in [3.05, 3.63) is 65.6 Å². The first-order valence-corrected chi connectivity index (χ1v) is 10.7. The number of hydrogen-bond donors (Lipinski definition) is 1. The fraction of sp³-hybridized carbons (Fsp3) is 0.417. The largest absolute Gasteiger partial charge is 0.369 e. The standard InChI is InChI=1S/C24H29N5/c1-18-13-22(15-24(27-18)21-6-8-25-16-21)29-11-9-28(10-12-29)17-19-4-5-23-20(14-19)3-2-7-26-23/h2-5,7,13-15,21,25H,6,8-12,16-17H2,1H3/t21-/m1/s1. The van der Waals surface area contributed by atoms with Gasteiger partial charge in [-0.25, -0.2) is 0 Å². The molecule has 5 rings (SSSR count). The molecule has 2 aromatic heterocycles. The summed E-state index contributed by atoms with van der Waals surface area (Å²) in [7, 11) is 0. The zero-order valence-electron chi connectivity index (χ0n) is 17.1. The molecule has 0 radical (unpaired) electrons. The van der Waals surface area contributed by atoms with E-state index in [1.165, 1.54) is 28.8 Å². The normalized spacial score (nSPS) is 20.4. The fourth-order valence-corrected chi connectivity index (χ4v) is 4.62. The average Bonchev–Trinajstić information content (AvgIpc) is 3.29. The molecule has 3 aromatic rings. The molecule has 1 N–H and O–H groups in total. The molecule has 0 saturated carbocycles. The van der Waals surface area contributed by atoms with E-state index in [4.69, 9.17) is 4.98 Å². The van der Waals surface area contributed by atoms with Crippen LogP contribution in [0.15, 0.2) is 48.7 Å². The molecule has 0 aliphatic carbocycles. The summed E-state index contributed by atoms with van der Waals surface area (Å²) in [6.07, 6.45) is 3.06. The number of hydrogen-bond acceptors (Lipinski definition) is 5. The highest BCUT2D eigenvalue weighted by Crippen LogP contribution is 2.26. The van der Waals surface area contributed by atoms with E-state index in [0.29, 0.717) is 5.92 Å². The maximum absolute atomic E-state index is 4.82. The van der Waals surface area contributed by atoms with Gasteiger partial charge in [0.1, 0.15) is 0 Å². The van der Waals surface area contributed by atoms with Gasteiger partial charge in [-0.1, -0.05) is 12.1 Å². The third-order valence-corrected chi connectivity index (χ3v) is 6.25. The zero-order valence-corrected chi connectivity index (χ0v) is 17.1. The van der Waals surface area contributed by atoms with Gasteiger partial charge >= 0.3 is 0 Å². The summed E-state index contributed by atoms with van der Waals surface area (Å²) in [6, 6.07) is 15.4. The average molecular weight is 388 g/mol. The Morgan fingerprint density at radius 2 is 1.97 bits per heavy atom. The number of nitrogens with zero attached hydrogens (tertiary/aromatic N) is 4. The Morgan fingerprint density at radius 3 is 2.79 bits per heavy atom. The first kappa shape index (κ1) is 18.5. The fourth-order valence-electron chi connectivity index (χ4n) is 4.62. The molecule has 4 heterocycles. The van der Waals surface area contributed by atoms with Crippen LogP contribution in [0.3, 0.4) is 0 Å². The predicted octanol–water partition coefficient (Wildman–Crippen LogP) is 3.34. The maximum atomic E-state index is 4.82. The van der Waals surface area contributed by atoms with Crippen LogP contribution >= 0.6 is 0 Å². The summed E-state index contributed by atoms with van der Waals surface area (Å²) < 4.78 is 0. The molecular formula is C24H29N5. The van der Waals surface area contributed by atoms with E-state index in [2.05, 4.69) is 63.4 Å². The van der Waals surface area contributed by atoms with Gasteiger partial charge in [0.25, 0.3) is 0 Å². The zero-order chi connectivity index (χ0) is 19.6. The highest BCUT2D eigenvalue weighted by Gasteiger charge is 2.22. The highest BCUT2D eigenvalue weighted by atomic mass is 15.3. The van der Waals surface area contributed by atoms with Gasteiger partial charge in [0, 0.05) is 73.8 Å². The number of benzene rings is 1. The van der Waals surface area contributed by atoms with Gasteiger partial charge in [-0.05, 0) is 55.8 Å². The molecule has 1 atom stereocenters. The first-order chi connectivity index (χ1) is 14.2. The minimum atomic E-state index is 0.567. The van der Waals surface area contributed by atoms with Gasteiger partial charge in [-0.15, -0.1) is 0 Å². The van der Waals surface area contributed by atoms with Gasteiger partial charge < -0.3 is 10.2 Å². The number of fused-ring (bicyclic) bond motifs is 1. The van der Waals surface area contributed by atoms with Gasteiger partial charge in [-0.3, -0.25) is 14.9 Å². The molecule has 0 bridgehead atoms. The second-order valence-corrected chi connectivity index (χ2v) is 8.37. The number of aryl methyl sites for hydroxylation is 1. The van der Waals surface area contributed by atoms with E-state index in [-0.39, 0.29) is 0 Å². The van der Waals surface area contributed by atoms with E-state index in [9.17, 15) is 0 Å². The molecule has 5 heteroatoms. The summed E-state index contributed by atoms with van der Waals surface area (Å²) in [4.78, 5) is 14.3. The van der Waals surface area contributed by atoms with Crippen molar-refractivity contribution >= 4 is 16.6 Å². The summed E-state index contributed by atoms with van der Waals surface area (Å²) in [5.41, 5.74) is 6.18. The van der Waals surface area contributed by atoms with Crippen molar-refractivity contribution in [2.45, 2.75) is 25.8 Å². The third kappa shape index (κ3) is 4.11. The van der Waals surface area contributed by atoms with Crippen molar-refractivity contribution in [1.82, 2.24) is 20.2 Å². The third-order valence-electron chi connectivity index (χ3n) is 6.25. The molecule has 2 aliphatic heterocycles. The first-order valence-electron chi connectivity index (χ1n) is 10.7. The lowest BCUT2D eigenvalue weighted by Crippen LogP contribution is -2.46. The molecule has 150 valence electrons. The van der Waals surface area contributed by atoms with Gasteiger partial charge in [0.15, 0.2) is 0 Å². The Kier molecular flexibility index (Phi) is 5.17. The van der Waals surface area contributed by atoms with Gasteiger partial charge in [-0.2, -0.15) is 0 Å². The van der Waals surface area contributed by atoms with Crippen LogP contribution in [-0.2, 0) is 6.54 Å². The van der Waals surface area contributed by atoms with Crippen LogP contribution < -0.4 is 10.2 Å². The molecule has 2 fully saturated rings. The molecular weight excluding hydrogens is 358 g/mol. The molecule has 0 unspecified atom stereocenters. The number of nitrogens with one attached hydrogen (secondary N) is 1. The lowest BCUT2D eigenvalue weighted by Gasteiger charge is -2.36. The van der Waals surface area contributed by atoms with E-state index in [1.807, 2.05) is 12.3 Å². The quantitative estimate of drug-likeness (QED) is 0.744. The number of pyridine rings is 2. The summed E-state index contributed by atoms with van der Waals surface area (Å²) in [6.45, 7) is 9.62. The molecule has 2 saturated heterocycles. The van der Waals surface area contributed by atoms with Crippen LogP contribution in [0, 0.1) is 6.92 Å². The van der Waals surface area contributed by atoms with Crippen molar-refractivity contribution in [3.63, 3.8) is 0 Å². The minimum Gasteiger partial charge on any atom is -0.369 e. The molecule has 0 spiro atoms. The van der Waals surface area contributed by atoms with Gasteiger partial charge in [0.05, 0.1) is 5.52 Å². The van der Waals surface area contributed by atoms with Gasteiger partial charge in [0.2, 0.25) is 0 Å². The Balaban J connectivity index is 1.24. The van der Waals surface area contributed by atoms with Crippen LogP contribution in [0.25, 0.3) is 10.9 Å². The van der Waals surface area contributed by atoms with Crippen molar-refractivity contribution in [2.24, 2.45) is 0 Å². The Labute approximate surface area is 172 Å². The molecule has 2 aliphatic rings. The summed E-state index contributed by atoms with van der Waals surface area (Å²) in [5, 5.41) is 4.69. The molecule has 29 heavy (non-hydrogen) atoms.